The van der Waals surface area contributed by atoms with Gasteiger partial charge in [0.1, 0.15) is 22.2 Å². The number of carbonyl (C=O) groups excluding carboxylic acids is 1. The predicted octanol–water partition coefficient (Wildman–Crippen LogP) is 6.18. The lowest BCUT2D eigenvalue weighted by Gasteiger charge is -2.34. The zero-order chi connectivity index (χ0) is 33.0. The highest BCUT2D eigenvalue weighted by molar-refractivity contribution is 7.89. The highest BCUT2D eigenvalue weighted by atomic mass is 35.5. The number of non-ortho nitro benzene ring substituents is 1. The normalized spacial score (nSPS) is 17.8. The number of ether oxygens (including phenoxy) is 3. The van der Waals surface area contributed by atoms with Gasteiger partial charge in [-0.25, -0.2) is 13.4 Å². The highest BCUT2D eigenvalue weighted by Crippen LogP contribution is 2.38. The smallest absolute Gasteiger partial charge is 0.387 e. The van der Waals surface area contributed by atoms with Crippen LogP contribution in [0, 0.1) is 16.0 Å². The average Bonchev–Trinajstić information content (AvgIpc) is 3.86. The lowest BCUT2D eigenvalue weighted by molar-refractivity contribution is -0.384. The molecule has 0 radical (unpaired) electrons. The zero-order valence-corrected chi connectivity index (χ0v) is 26.6. The molecule has 11 nitrogen and oxygen atoms in total. The number of H-pyrrole nitrogens is 1. The number of hydrogen-bond acceptors (Lipinski definition) is 8. The van der Waals surface area contributed by atoms with Gasteiger partial charge in [0.05, 0.1) is 16.4 Å². The molecule has 16 heteroatoms. The van der Waals surface area contributed by atoms with Crippen molar-refractivity contribution in [1.82, 2.24) is 4.31 Å². The van der Waals surface area contributed by atoms with Crippen LogP contribution >= 0.6 is 23.2 Å². The van der Waals surface area contributed by atoms with Gasteiger partial charge in [0.25, 0.3) is 5.69 Å². The Morgan fingerprint density at radius 3 is 2.37 bits per heavy atom. The number of nitrogens with zero attached hydrogens (tertiary/aromatic N) is 2. The molecule has 0 unspecified atom stereocenters. The summed E-state index contributed by atoms with van der Waals surface area (Å²) >= 11 is 12.8. The highest BCUT2D eigenvalue weighted by Gasteiger charge is 2.40. The molecule has 5 rings (SSSR count). The third-order valence-electron chi connectivity index (χ3n) is 7.75. The second-order valence-corrected chi connectivity index (χ2v) is 13.7. The summed E-state index contributed by atoms with van der Waals surface area (Å²) in [6, 6.07) is 7.37. The summed E-state index contributed by atoms with van der Waals surface area (Å²) in [5, 5.41) is 11.6. The molecule has 2 aliphatic rings. The molecule has 1 saturated carbocycles. The van der Waals surface area contributed by atoms with Crippen molar-refractivity contribution in [2.45, 2.75) is 62.2 Å². The molecule has 0 bridgehead atoms. The number of aromatic amines is 1. The first-order valence-electron chi connectivity index (χ1n) is 14.5. The largest absolute Gasteiger partial charge is 0.489 e. The molecule has 46 heavy (non-hydrogen) atoms. The topological polar surface area (TPSA) is 139 Å². The van der Waals surface area contributed by atoms with E-state index in [9.17, 15) is 32.1 Å². The number of alkyl halides is 2. The minimum atomic E-state index is -4.25. The fraction of sp³-hybridized carbons (Fsp3) is 0.400. The minimum absolute atomic E-state index is 0.0226. The van der Waals surface area contributed by atoms with Crippen molar-refractivity contribution in [2.24, 2.45) is 5.92 Å². The van der Waals surface area contributed by atoms with E-state index in [0.29, 0.717) is 29.9 Å². The van der Waals surface area contributed by atoms with Gasteiger partial charge in [-0.3, -0.25) is 14.9 Å². The van der Waals surface area contributed by atoms with Gasteiger partial charge in [-0.1, -0.05) is 29.3 Å². The first kappa shape index (κ1) is 33.8. The third kappa shape index (κ3) is 8.03. The van der Waals surface area contributed by atoms with E-state index in [1.807, 2.05) is 0 Å². The van der Waals surface area contributed by atoms with Gasteiger partial charge in [0.2, 0.25) is 10.0 Å². The minimum Gasteiger partial charge on any atom is -0.489 e. The van der Waals surface area contributed by atoms with Crippen molar-refractivity contribution in [3.63, 3.8) is 0 Å². The summed E-state index contributed by atoms with van der Waals surface area (Å²) in [6.07, 6.45) is 4.94. The molecule has 1 N–H and O–H groups in total. The number of nitro groups is 1. The molecule has 0 amide bonds. The number of benzene rings is 2. The maximum absolute atomic E-state index is 13.8. The molecule has 2 fully saturated rings. The first-order chi connectivity index (χ1) is 21.9. The van der Waals surface area contributed by atoms with Gasteiger partial charge in [0.15, 0.2) is 23.9 Å². The van der Waals surface area contributed by atoms with E-state index in [2.05, 4.69) is 9.72 Å². The molecule has 1 aliphatic heterocycles. The number of rotatable bonds is 13. The van der Waals surface area contributed by atoms with E-state index < -0.39 is 39.7 Å². The van der Waals surface area contributed by atoms with Crippen LogP contribution in [-0.4, -0.2) is 49.4 Å². The monoisotopic (exact) mass is 700 g/mol. The molecule has 2 aromatic carbocycles. The van der Waals surface area contributed by atoms with Crippen molar-refractivity contribution in [3.8, 4) is 11.5 Å². The Labute approximate surface area is 273 Å². The second-order valence-electron chi connectivity index (χ2n) is 11.0. The van der Waals surface area contributed by atoms with E-state index in [0.717, 1.165) is 41.4 Å². The van der Waals surface area contributed by atoms with Crippen molar-refractivity contribution in [2.75, 3.05) is 13.2 Å². The molecule has 2 heterocycles. The fourth-order valence-corrected chi connectivity index (χ4v) is 7.31. The van der Waals surface area contributed by atoms with E-state index in [4.69, 9.17) is 32.7 Å². The lowest BCUT2D eigenvalue weighted by atomic mass is 10.0. The van der Waals surface area contributed by atoms with Crippen LogP contribution in [-0.2, 0) is 26.0 Å². The Balaban J connectivity index is 1.47. The number of sulfonamides is 1. The van der Waals surface area contributed by atoms with Gasteiger partial charge in [-0.2, -0.15) is 13.1 Å². The SMILES string of the molecule is O=C(O[C@@H](Cc1c(Cl)c[nH+]cc1Cl)c1ccc(OC(F)F)c(OCC2CC2)c1)[C@@H]1CCCCN1S(=O)(=O)c1ccc([N+](=O)[O-])cc1. The molecule has 1 saturated heterocycles. The standard InChI is InChI=1S/C30H29Cl2F2N3O8S/c31-23-15-35-16-24(32)22(23)14-27(19-6-11-26(45-30(33)34)28(13-19)43-17-18-4-5-18)44-29(38)25-3-1-2-12-36(25)46(41,42)21-9-7-20(8-10-21)37(39)40/h6-11,13,15-16,18,25,27,30H,1-5,12,14,17H2/p+1/t25-,27-/m0/s1. The Hall–Kier alpha value is -3.59. The Kier molecular flexibility index (Phi) is 10.6. The quantitative estimate of drug-likeness (QED) is 0.117. The van der Waals surface area contributed by atoms with Crippen molar-refractivity contribution >= 4 is 44.9 Å². The van der Waals surface area contributed by atoms with Gasteiger partial charge >= 0.3 is 12.6 Å². The summed E-state index contributed by atoms with van der Waals surface area (Å²) in [7, 11) is -4.25. The van der Waals surface area contributed by atoms with E-state index in [1.54, 1.807) is 0 Å². The number of halogens is 4. The molecule has 2 atom stereocenters. The van der Waals surface area contributed by atoms with Gasteiger partial charge in [-0.05, 0) is 67.9 Å². The van der Waals surface area contributed by atoms with Crippen LogP contribution in [0.3, 0.4) is 0 Å². The number of piperidine rings is 1. The van der Waals surface area contributed by atoms with E-state index in [-0.39, 0.29) is 58.1 Å². The number of nitrogens with one attached hydrogen (secondary N) is 1. The molecule has 3 aromatic rings. The molecule has 1 aliphatic carbocycles. The van der Waals surface area contributed by atoms with Crippen molar-refractivity contribution in [1.29, 1.82) is 0 Å². The summed E-state index contributed by atoms with van der Waals surface area (Å²) in [5.74, 6) is -0.713. The zero-order valence-electron chi connectivity index (χ0n) is 24.2. The van der Waals surface area contributed by atoms with Crippen LogP contribution in [0.1, 0.15) is 49.3 Å². The van der Waals surface area contributed by atoms with Crippen LogP contribution in [0.5, 0.6) is 11.5 Å². The maximum atomic E-state index is 13.8. The number of hydrogen-bond donors (Lipinski definition) is 0. The van der Waals surface area contributed by atoms with Crippen molar-refractivity contribution in [3.05, 3.63) is 86.1 Å². The first-order valence-corrected chi connectivity index (χ1v) is 16.7. The number of nitro benzene ring substituents is 1. The molecule has 0 spiro atoms. The third-order valence-corrected chi connectivity index (χ3v) is 10.3. The van der Waals surface area contributed by atoms with Crippen LogP contribution < -0.4 is 14.5 Å². The fourth-order valence-electron chi connectivity index (χ4n) is 5.13. The average molecular weight is 702 g/mol. The van der Waals surface area contributed by atoms with E-state index >= 15 is 0 Å². The molecule has 1 aromatic heterocycles. The lowest BCUT2D eigenvalue weighted by Crippen LogP contribution is -2.48. The molecular formula is C30H30Cl2F2N3O8S+. The predicted molar refractivity (Wildman–Crippen MR) is 161 cm³/mol. The number of pyridine rings is 1. The van der Waals surface area contributed by atoms with Crippen LogP contribution in [0.15, 0.2) is 59.8 Å². The Morgan fingerprint density at radius 1 is 1.04 bits per heavy atom. The number of aromatic nitrogens is 1. The Bertz CT molecular complexity index is 1670. The van der Waals surface area contributed by atoms with Gasteiger partial charge in [-0.15, -0.1) is 0 Å². The number of carbonyl (C=O) groups is 1. The second kappa shape index (κ2) is 14.4. The van der Waals surface area contributed by atoms with Crippen LogP contribution in [0.25, 0.3) is 0 Å². The summed E-state index contributed by atoms with van der Waals surface area (Å²) in [5.41, 5.74) is 0.492. The Morgan fingerprint density at radius 2 is 1.74 bits per heavy atom. The summed E-state index contributed by atoms with van der Waals surface area (Å²) in [6.45, 7) is -2.79. The van der Waals surface area contributed by atoms with Crippen LogP contribution in [0.2, 0.25) is 10.0 Å². The summed E-state index contributed by atoms with van der Waals surface area (Å²) < 4.78 is 71.2. The summed E-state index contributed by atoms with van der Waals surface area (Å²) in [4.78, 5) is 26.9. The van der Waals surface area contributed by atoms with Crippen LogP contribution in [0.4, 0.5) is 14.5 Å². The van der Waals surface area contributed by atoms with Crippen molar-refractivity contribution < 1.29 is 46.1 Å². The molecular weight excluding hydrogens is 671 g/mol. The van der Waals surface area contributed by atoms with E-state index in [1.165, 1.54) is 30.6 Å². The van der Waals surface area contributed by atoms with Gasteiger partial charge < -0.3 is 14.2 Å². The number of esters is 1. The van der Waals surface area contributed by atoms with Gasteiger partial charge in [0, 0.05) is 30.7 Å². The molecule has 246 valence electrons. The maximum Gasteiger partial charge on any atom is 0.387 e.